The predicted octanol–water partition coefficient (Wildman–Crippen LogP) is 3.84. The molecule has 1 unspecified atom stereocenters. The van der Waals surface area contributed by atoms with Crippen LogP contribution in [0.5, 0.6) is 5.75 Å². The zero-order valence-electron chi connectivity index (χ0n) is 13.1. The lowest BCUT2D eigenvalue weighted by molar-refractivity contribution is -0.274. The van der Waals surface area contributed by atoms with Crippen LogP contribution in [0, 0.1) is 0 Å². The molecule has 24 heavy (non-hydrogen) atoms. The summed E-state index contributed by atoms with van der Waals surface area (Å²) in [6.07, 6.45) is -3.17. The number of ether oxygens (including phenoxy) is 1. The minimum absolute atomic E-state index is 0.00877. The van der Waals surface area contributed by atoms with Crippen molar-refractivity contribution in [3.63, 3.8) is 0 Å². The number of halogens is 3. The maximum atomic E-state index is 12.7. The first kappa shape index (κ1) is 16.4. The minimum atomic E-state index is -4.79. The van der Waals surface area contributed by atoms with Crippen LogP contribution in [0.4, 0.5) is 19.0 Å². The fourth-order valence-corrected chi connectivity index (χ4v) is 2.89. The van der Waals surface area contributed by atoms with E-state index in [1.54, 1.807) is 23.0 Å². The molecule has 0 saturated carbocycles. The predicted molar refractivity (Wildman–Crippen MR) is 80.8 cm³/mol. The molecular formula is C16H16F3N3O2. The van der Waals surface area contributed by atoms with Crippen LogP contribution in [0.1, 0.15) is 43.4 Å². The van der Waals surface area contributed by atoms with Gasteiger partial charge in [0.15, 0.2) is 0 Å². The second-order valence-electron chi connectivity index (χ2n) is 5.88. The van der Waals surface area contributed by atoms with Crippen molar-refractivity contribution in [3.05, 3.63) is 41.6 Å². The van der Waals surface area contributed by atoms with Gasteiger partial charge < -0.3 is 10.1 Å². The number of amides is 1. The van der Waals surface area contributed by atoms with E-state index in [0.29, 0.717) is 16.9 Å². The molecule has 3 rings (SSSR count). The second kappa shape index (κ2) is 5.85. The minimum Gasteiger partial charge on any atom is -0.405 e. The standard InChI is InChI=1S/C16H16F3N3O2/c1-9(2)22-15-12(8-20-22)11(7-14(23)21-15)10-5-3-4-6-13(10)24-16(17,18)19/h3-6,8-9,11H,7H2,1-2H3,(H,21,23). The van der Waals surface area contributed by atoms with Crippen LogP contribution in [-0.2, 0) is 4.79 Å². The van der Waals surface area contributed by atoms with Gasteiger partial charge in [-0.2, -0.15) is 5.10 Å². The summed E-state index contributed by atoms with van der Waals surface area (Å²) in [5.74, 6) is -0.586. The van der Waals surface area contributed by atoms with Crippen molar-refractivity contribution >= 4 is 11.7 Å². The quantitative estimate of drug-likeness (QED) is 0.924. The van der Waals surface area contributed by atoms with Gasteiger partial charge in [0, 0.05) is 29.5 Å². The van der Waals surface area contributed by atoms with Gasteiger partial charge in [-0.15, -0.1) is 13.2 Å². The van der Waals surface area contributed by atoms with E-state index in [1.165, 1.54) is 12.1 Å². The van der Waals surface area contributed by atoms with E-state index >= 15 is 0 Å². The summed E-state index contributed by atoms with van der Waals surface area (Å²) in [5, 5.41) is 7.01. The van der Waals surface area contributed by atoms with Gasteiger partial charge in [-0.3, -0.25) is 4.79 Å². The molecule has 1 aromatic heterocycles. The third kappa shape index (κ3) is 3.08. The van der Waals surface area contributed by atoms with Crippen LogP contribution in [0.15, 0.2) is 30.5 Å². The lowest BCUT2D eigenvalue weighted by atomic mass is 9.87. The highest BCUT2D eigenvalue weighted by atomic mass is 19.4. The Kier molecular flexibility index (Phi) is 3.98. The maximum Gasteiger partial charge on any atom is 0.573 e. The summed E-state index contributed by atoms with van der Waals surface area (Å²) in [6.45, 7) is 3.81. The van der Waals surface area contributed by atoms with E-state index in [0.717, 1.165) is 0 Å². The molecule has 0 radical (unpaired) electrons. The zero-order chi connectivity index (χ0) is 17.5. The summed E-state index contributed by atoms with van der Waals surface area (Å²) < 4.78 is 43.7. The fourth-order valence-electron chi connectivity index (χ4n) is 2.89. The van der Waals surface area contributed by atoms with Crippen molar-refractivity contribution in [3.8, 4) is 5.75 Å². The highest BCUT2D eigenvalue weighted by molar-refractivity contribution is 5.94. The van der Waals surface area contributed by atoms with Gasteiger partial charge in [-0.25, -0.2) is 4.68 Å². The number of nitrogens with zero attached hydrogens (tertiary/aromatic N) is 2. The van der Waals surface area contributed by atoms with E-state index in [-0.39, 0.29) is 24.1 Å². The number of hydrogen-bond acceptors (Lipinski definition) is 3. The molecule has 0 saturated heterocycles. The smallest absolute Gasteiger partial charge is 0.405 e. The molecule has 1 amide bonds. The Morgan fingerprint density at radius 1 is 1.29 bits per heavy atom. The van der Waals surface area contributed by atoms with Gasteiger partial charge in [0.25, 0.3) is 0 Å². The Morgan fingerprint density at radius 2 is 2.00 bits per heavy atom. The lowest BCUT2D eigenvalue weighted by Gasteiger charge is -2.26. The molecule has 0 spiro atoms. The summed E-state index contributed by atoms with van der Waals surface area (Å²) in [6, 6.07) is 5.89. The number of rotatable bonds is 3. The molecule has 0 bridgehead atoms. The van der Waals surface area contributed by atoms with E-state index in [9.17, 15) is 18.0 Å². The van der Waals surface area contributed by atoms with E-state index < -0.39 is 12.3 Å². The number of anilines is 1. The Balaban J connectivity index is 2.07. The number of alkyl halides is 3. The van der Waals surface area contributed by atoms with Gasteiger partial charge in [0.1, 0.15) is 11.6 Å². The average molecular weight is 339 g/mol. The second-order valence-corrected chi connectivity index (χ2v) is 5.88. The van der Waals surface area contributed by atoms with Crippen molar-refractivity contribution in [1.82, 2.24) is 9.78 Å². The lowest BCUT2D eigenvalue weighted by Crippen LogP contribution is -2.26. The fraction of sp³-hybridized carbons (Fsp3) is 0.375. The van der Waals surface area contributed by atoms with Gasteiger partial charge in [-0.05, 0) is 19.9 Å². The van der Waals surface area contributed by atoms with Crippen molar-refractivity contribution in [1.29, 1.82) is 0 Å². The number of aromatic nitrogens is 2. The number of carbonyl (C=O) groups is 1. The van der Waals surface area contributed by atoms with Gasteiger partial charge in [-0.1, -0.05) is 18.2 Å². The third-order valence-electron chi connectivity index (χ3n) is 3.86. The Bertz CT molecular complexity index is 768. The van der Waals surface area contributed by atoms with E-state index in [1.807, 2.05) is 13.8 Å². The number of hydrogen-bond donors (Lipinski definition) is 1. The number of nitrogens with one attached hydrogen (secondary N) is 1. The van der Waals surface area contributed by atoms with Crippen molar-refractivity contribution in [2.45, 2.75) is 38.6 Å². The molecule has 8 heteroatoms. The highest BCUT2D eigenvalue weighted by Gasteiger charge is 2.36. The highest BCUT2D eigenvalue weighted by Crippen LogP contribution is 2.42. The number of fused-ring (bicyclic) bond motifs is 1. The molecule has 1 atom stereocenters. The van der Waals surface area contributed by atoms with Crippen molar-refractivity contribution in [2.24, 2.45) is 0 Å². The monoisotopic (exact) mass is 339 g/mol. The average Bonchev–Trinajstić information content (AvgIpc) is 2.89. The topological polar surface area (TPSA) is 56.2 Å². The van der Waals surface area contributed by atoms with E-state index in [2.05, 4.69) is 15.2 Å². The maximum absolute atomic E-state index is 12.7. The number of benzene rings is 1. The molecule has 0 aliphatic carbocycles. The molecule has 1 aliphatic rings. The van der Waals surface area contributed by atoms with Gasteiger partial charge in [0.2, 0.25) is 5.91 Å². The molecular weight excluding hydrogens is 323 g/mol. The van der Waals surface area contributed by atoms with Crippen LogP contribution >= 0.6 is 0 Å². The van der Waals surface area contributed by atoms with Crippen molar-refractivity contribution < 1.29 is 22.7 Å². The summed E-state index contributed by atoms with van der Waals surface area (Å²) in [7, 11) is 0. The molecule has 2 heterocycles. The molecule has 1 aromatic carbocycles. The van der Waals surface area contributed by atoms with Crippen LogP contribution in [0.2, 0.25) is 0 Å². The molecule has 0 fully saturated rings. The van der Waals surface area contributed by atoms with Crippen LogP contribution in [-0.4, -0.2) is 22.1 Å². The van der Waals surface area contributed by atoms with Crippen molar-refractivity contribution in [2.75, 3.05) is 5.32 Å². The largest absolute Gasteiger partial charge is 0.573 e. The molecule has 5 nitrogen and oxygen atoms in total. The zero-order valence-corrected chi connectivity index (χ0v) is 13.1. The number of carbonyl (C=O) groups excluding carboxylic acids is 1. The van der Waals surface area contributed by atoms with Gasteiger partial charge >= 0.3 is 6.36 Å². The summed E-state index contributed by atoms with van der Waals surface area (Å²) in [5.41, 5.74) is 0.996. The molecule has 128 valence electrons. The Hall–Kier alpha value is -2.51. The Labute approximate surface area is 136 Å². The first-order chi connectivity index (χ1) is 11.3. The van der Waals surface area contributed by atoms with Gasteiger partial charge in [0.05, 0.1) is 6.20 Å². The van der Waals surface area contributed by atoms with Crippen LogP contribution in [0.25, 0.3) is 0 Å². The summed E-state index contributed by atoms with van der Waals surface area (Å²) in [4.78, 5) is 12.1. The third-order valence-corrected chi connectivity index (χ3v) is 3.86. The SMILES string of the molecule is CC(C)n1ncc2c1NC(=O)CC2c1ccccc1OC(F)(F)F. The molecule has 2 aromatic rings. The van der Waals surface area contributed by atoms with E-state index in [4.69, 9.17) is 0 Å². The normalized spacial score (nSPS) is 17.6. The number of para-hydroxylation sites is 1. The summed E-state index contributed by atoms with van der Waals surface area (Å²) >= 11 is 0. The first-order valence-corrected chi connectivity index (χ1v) is 7.48. The van der Waals surface area contributed by atoms with Crippen LogP contribution < -0.4 is 10.1 Å². The molecule has 1 N–H and O–H groups in total. The Morgan fingerprint density at radius 3 is 2.67 bits per heavy atom. The van der Waals surface area contributed by atoms with Crippen LogP contribution in [0.3, 0.4) is 0 Å². The first-order valence-electron chi connectivity index (χ1n) is 7.48. The molecule has 1 aliphatic heterocycles.